The van der Waals surface area contributed by atoms with Crippen LogP contribution in [0.5, 0.6) is 0 Å². The van der Waals surface area contributed by atoms with Crippen molar-refractivity contribution in [1.82, 2.24) is 0 Å². The Morgan fingerprint density at radius 1 is 0.361 bits per heavy atom. The van der Waals surface area contributed by atoms with Crippen LogP contribution in [0.1, 0.15) is 129 Å². The van der Waals surface area contributed by atoms with Crippen molar-refractivity contribution in [3.05, 3.63) is 0 Å². The van der Waals surface area contributed by atoms with Crippen LogP contribution in [0.15, 0.2) is 0 Å². The minimum Gasteiger partial charge on any atom is -0.388 e. The third kappa shape index (κ3) is 30.0. The SMILES string of the molecule is CCCCCCCCCCOCC(O)COCCCCOCC(O)COCCCCCCCCCC. The lowest BCUT2D eigenvalue weighted by atomic mass is 10.1. The summed E-state index contributed by atoms with van der Waals surface area (Å²) in [5.41, 5.74) is 0. The van der Waals surface area contributed by atoms with Gasteiger partial charge in [-0.15, -0.1) is 0 Å². The molecule has 2 atom stereocenters. The molecule has 36 heavy (non-hydrogen) atoms. The van der Waals surface area contributed by atoms with Crippen LogP contribution in [0.2, 0.25) is 0 Å². The normalized spacial score (nSPS) is 13.3. The van der Waals surface area contributed by atoms with Gasteiger partial charge in [0.05, 0.1) is 26.4 Å². The molecule has 0 aliphatic carbocycles. The minimum atomic E-state index is -0.559. The summed E-state index contributed by atoms with van der Waals surface area (Å²) >= 11 is 0. The quantitative estimate of drug-likeness (QED) is 0.0979. The Labute approximate surface area is 223 Å². The van der Waals surface area contributed by atoms with E-state index in [1.54, 1.807) is 0 Å². The number of hydrogen-bond donors (Lipinski definition) is 2. The van der Waals surface area contributed by atoms with E-state index < -0.39 is 12.2 Å². The largest absolute Gasteiger partial charge is 0.388 e. The molecule has 2 unspecified atom stereocenters. The number of rotatable bonds is 31. The number of aliphatic hydroxyl groups is 2. The summed E-state index contributed by atoms with van der Waals surface area (Å²) in [6, 6.07) is 0. The van der Waals surface area contributed by atoms with Crippen LogP contribution in [0, 0.1) is 0 Å². The van der Waals surface area contributed by atoms with E-state index in [4.69, 9.17) is 18.9 Å². The zero-order chi connectivity index (χ0) is 26.4. The van der Waals surface area contributed by atoms with Crippen LogP contribution >= 0.6 is 0 Å². The molecule has 0 aliphatic rings. The lowest BCUT2D eigenvalue weighted by molar-refractivity contribution is -0.0270. The van der Waals surface area contributed by atoms with Crippen molar-refractivity contribution >= 4 is 0 Å². The van der Waals surface area contributed by atoms with Gasteiger partial charge in [0.2, 0.25) is 0 Å². The zero-order valence-electron chi connectivity index (χ0n) is 24.1. The van der Waals surface area contributed by atoms with Crippen molar-refractivity contribution in [3.8, 4) is 0 Å². The van der Waals surface area contributed by atoms with E-state index in [0.717, 1.165) is 38.9 Å². The smallest absolute Gasteiger partial charge is 0.101 e. The van der Waals surface area contributed by atoms with Gasteiger partial charge in [-0.25, -0.2) is 0 Å². The van der Waals surface area contributed by atoms with Crippen molar-refractivity contribution in [2.75, 3.05) is 52.9 Å². The van der Waals surface area contributed by atoms with E-state index in [0.29, 0.717) is 39.6 Å². The molecule has 6 nitrogen and oxygen atoms in total. The Bertz CT molecular complexity index is 360. The van der Waals surface area contributed by atoms with E-state index in [2.05, 4.69) is 13.8 Å². The number of aliphatic hydroxyl groups excluding tert-OH is 2. The zero-order valence-corrected chi connectivity index (χ0v) is 24.1. The van der Waals surface area contributed by atoms with Crippen LogP contribution in [0.3, 0.4) is 0 Å². The molecule has 218 valence electrons. The molecular formula is C30H62O6. The van der Waals surface area contributed by atoms with Gasteiger partial charge in [0.25, 0.3) is 0 Å². The highest BCUT2D eigenvalue weighted by molar-refractivity contribution is 4.54. The van der Waals surface area contributed by atoms with Gasteiger partial charge in [-0.2, -0.15) is 0 Å². The van der Waals surface area contributed by atoms with Crippen LogP contribution in [0.25, 0.3) is 0 Å². The molecule has 2 N–H and O–H groups in total. The first kappa shape index (κ1) is 35.8. The Hall–Kier alpha value is -0.240. The second kappa shape index (κ2) is 31.0. The molecule has 0 spiro atoms. The number of ether oxygens (including phenoxy) is 4. The fourth-order valence-corrected chi connectivity index (χ4v) is 4.06. The molecular weight excluding hydrogens is 456 g/mol. The molecule has 0 radical (unpaired) electrons. The van der Waals surface area contributed by atoms with Crippen LogP contribution in [-0.2, 0) is 18.9 Å². The van der Waals surface area contributed by atoms with Gasteiger partial charge >= 0.3 is 0 Å². The average molecular weight is 519 g/mol. The monoisotopic (exact) mass is 518 g/mol. The first-order valence-electron chi connectivity index (χ1n) is 15.4. The molecule has 0 aromatic carbocycles. The van der Waals surface area contributed by atoms with Crippen LogP contribution in [-0.4, -0.2) is 75.3 Å². The highest BCUT2D eigenvalue weighted by Gasteiger charge is 2.06. The van der Waals surface area contributed by atoms with Crippen molar-refractivity contribution in [1.29, 1.82) is 0 Å². The second-order valence-corrected chi connectivity index (χ2v) is 10.3. The van der Waals surface area contributed by atoms with Gasteiger partial charge < -0.3 is 29.2 Å². The van der Waals surface area contributed by atoms with Gasteiger partial charge in [0.1, 0.15) is 12.2 Å². The Morgan fingerprint density at radius 2 is 0.583 bits per heavy atom. The molecule has 0 aromatic rings. The van der Waals surface area contributed by atoms with E-state index in [1.807, 2.05) is 0 Å². The molecule has 0 saturated carbocycles. The summed E-state index contributed by atoms with van der Waals surface area (Å²) < 4.78 is 22.2. The van der Waals surface area contributed by atoms with E-state index in [1.165, 1.54) is 89.9 Å². The fourth-order valence-electron chi connectivity index (χ4n) is 4.06. The van der Waals surface area contributed by atoms with Crippen molar-refractivity contribution < 1.29 is 29.2 Å². The average Bonchev–Trinajstić information content (AvgIpc) is 2.87. The minimum absolute atomic E-state index is 0.313. The van der Waals surface area contributed by atoms with E-state index in [9.17, 15) is 10.2 Å². The molecule has 0 heterocycles. The maximum absolute atomic E-state index is 9.93. The molecule has 0 rings (SSSR count). The van der Waals surface area contributed by atoms with Crippen molar-refractivity contribution in [2.45, 2.75) is 142 Å². The second-order valence-electron chi connectivity index (χ2n) is 10.3. The third-order valence-corrected chi connectivity index (χ3v) is 6.35. The predicted molar refractivity (Wildman–Crippen MR) is 150 cm³/mol. The first-order valence-corrected chi connectivity index (χ1v) is 15.4. The summed E-state index contributed by atoms with van der Waals surface area (Å²) in [4.78, 5) is 0. The summed E-state index contributed by atoms with van der Waals surface area (Å²) in [6.45, 7) is 8.45. The topological polar surface area (TPSA) is 77.4 Å². The maximum atomic E-state index is 9.93. The summed E-state index contributed by atoms with van der Waals surface area (Å²) in [7, 11) is 0. The van der Waals surface area contributed by atoms with Gasteiger partial charge in [-0.1, -0.05) is 104 Å². The molecule has 0 amide bonds. The summed E-state index contributed by atoms with van der Waals surface area (Å²) in [5, 5.41) is 19.9. The highest BCUT2D eigenvalue weighted by Crippen LogP contribution is 2.09. The molecule has 6 heteroatoms. The summed E-state index contributed by atoms with van der Waals surface area (Å²) in [6.07, 6.45) is 21.2. The Balaban J connectivity index is 3.24. The Kier molecular flexibility index (Phi) is 30.8. The van der Waals surface area contributed by atoms with Gasteiger partial charge in [0.15, 0.2) is 0 Å². The van der Waals surface area contributed by atoms with Crippen LogP contribution < -0.4 is 0 Å². The molecule has 0 bridgehead atoms. The number of unbranched alkanes of at least 4 members (excludes halogenated alkanes) is 15. The van der Waals surface area contributed by atoms with E-state index >= 15 is 0 Å². The molecule has 0 fully saturated rings. The lowest BCUT2D eigenvalue weighted by Crippen LogP contribution is -2.23. The van der Waals surface area contributed by atoms with Crippen LogP contribution in [0.4, 0.5) is 0 Å². The molecule has 0 saturated heterocycles. The molecule has 0 aromatic heterocycles. The summed E-state index contributed by atoms with van der Waals surface area (Å²) in [5.74, 6) is 0. The van der Waals surface area contributed by atoms with E-state index in [-0.39, 0.29) is 0 Å². The maximum Gasteiger partial charge on any atom is 0.101 e. The third-order valence-electron chi connectivity index (χ3n) is 6.35. The first-order chi connectivity index (χ1) is 17.7. The van der Waals surface area contributed by atoms with Crippen molar-refractivity contribution in [2.24, 2.45) is 0 Å². The lowest BCUT2D eigenvalue weighted by Gasteiger charge is -2.13. The molecule has 0 aliphatic heterocycles. The highest BCUT2D eigenvalue weighted by atomic mass is 16.5. The fraction of sp³-hybridized carbons (Fsp3) is 1.00. The van der Waals surface area contributed by atoms with Gasteiger partial charge in [-0.3, -0.25) is 0 Å². The predicted octanol–water partition coefficient (Wildman–Crippen LogP) is 6.84. The number of hydrogen-bond acceptors (Lipinski definition) is 6. The standard InChI is InChI=1S/C30H62O6/c1-3-5-7-9-11-13-15-17-21-33-25-29(31)27-35-23-19-20-24-36-28-30(32)26-34-22-18-16-14-12-10-8-6-4-2/h29-32H,3-28H2,1-2H3. The Morgan fingerprint density at radius 3 is 0.861 bits per heavy atom. The van der Waals surface area contributed by atoms with Crippen molar-refractivity contribution in [3.63, 3.8) is 0 Å². The van der Waals surface area contributed by atoms with Gasteiger partial charge in [-0.05, 0) is 25.7 Å². The van der Waals surface area contributed by atoms with Gasteiger partial charge in [0, 0.05) is 26.4 Å².